The van der Waals surface area contributed by atoms with E-state index in [1.54, 1.807) is 0 Å². The van der Waals surface area contributed by atoms with Gasteiger partial charge in [-0.05, 0) is 18.1 Å². The van der Waals surface area contributed by atoms with Gasteiger partial charge < -0.3 is 10.7 Å². The summed E-state index contributed by atoms with van der Waals surface area (Å²) < 4.78 is 24.6. The number of nitrogens with two attached hydrogens (primary N) is 1. The Balaban J connectivity index is 1.96. The minimum Gasteiger partial charge on any atom is -0.349 e. The number of hydrogen-bond acceptors (Lipinski definition) is 4. The van der Waals surface area contributed by atoms with Crippen molar-refractivity contribution in [3.63, 3.8) is 0 Å². The highest BCUT2D eigenvalue weighted by Gasteiger charge is 2.23. The Morgan fingerprint density at radius 2 is 1.75 bits per heavy atom. The van der Waals surface area contributed by atoms with Gasteiger partial charge in [-0.25, -0.2) is 8.42 Å². The van der Waals surface area contributed by atoms with Crippen molar-refractivity contribution in [2.75, 3.05) is 12.8 Å². The predicted octanol–water partition coefficient (Wildman–Crippen LogP) is 3.23. The second kappa shape index (κ2) is 7.01. The van der Waals surface area contributed by atoms with Gasteiger partial charge in [-0.1, -0.05) is 48.5 Å². The summed E-state index contributed by atoms with van der Waals surface area (Å²) >= 11 is 1.50. The molecule has 0 fully saturated rings. The zero-order valence-electron chi connectivity index (χ0n) is 13.4. The molecule has 0 aliphatic carbocycles. The average Bonchev–Trinajstić information content (AvgIpc) is 2.93. The monoisotopic (exact) mass is 360 g/mol. The summed E-state index contributed by atoms with van der Waals surface area (Å²) in [6.45, 7) is 0.470. The maximum absolute atomic E-state index is 12.3. The zero-order chi connectivity index (χ0) is 17.2. The molecule has 1 unspecified atom stereocenters. The van der Waals surface area contributed by atoms with Crippen LogP contribution in [0.3, 0.4) is 0 Å². The number of fused-ring (bicyclic) bond motifs is 1. The Bertz CT molecular complexity index is 934. The van der Waals surface area contributed by atoms with Crippen LogP contribution in [0, 0.1) is 0 Å². The summed E-state index contributed by atoms with van der Waals surface area (Å²) in [5.41, 5.74) is 7.96. The van der Waals surface area contributed by atoms with Crippen molar-refractivity contribution < 1.29 is 8.42 Å². The lowest BCUT2D eigenvalue weighted by Crippen LogP contribution is -2.19. The van der Waals surface area contributed by atoms with Crippen molar-refractivity contribution in [2.24, 2.45) is 5.73 Å². The Morgan fingerprint density at radius 3 is 2.42 bits per heavy atom. The minimum atomic E-state index is -3.34. The largest absolute Gasteiger partial charge is 0.349 e. The van der Waals surface area contributed by atoms with Crippen LogP contribution in [-0.2, 0) is 16.3 Å². The number of sulfone groups is 1. The summed E-state index contributed by atoms with van der Waals surface area (Å²) in [5.74, 6) is 0. The summed E-state index contributed by atoms with van der Waals surface area (Å²) in [4.78, 5) is 3.62. The molecule has 2 aromatic carbocycles. The van der Waals surface area contributed by atoms with E-state index in [9.17, 15) is 8.42 Å². The lowest BCUT2D eigenvalue weighted by atomic mass is 10.1. The lowest BCUT2D eigenvalue weighted by molar-refractivity contribution is 0.600. The summed E-state index contributed by atoms with van der Waals surface area (Å²) in [6, 6.07) is 17.6. The van der Waals surface area contributed by atoms with Crippen molar-refractivity contribution in [3.05, 3.63) is 60.2 Å². The highest BCUT2D eigenvalue weighted by Crippen LogP contribution is 2.36. The first-order valence-electron chi connectivity index (χ1n) is 7.70. The van der Waals surface area contributed by atoms with Crippen LogP contribution < -0.4 is 5.73 Å². The molecule has 6 heteroatoms. The van der Waals surface area contributed by atoms with Crippen LogP contribution in [-0.4, -0.2) is 31.5 Å². The molecule has 0 amide bonds. The highest BCUT2D eigenvalue weighted by atomic mass is 32.2. The molecule has 1 aromatic heterocycles. The summed E-state index contributed by atoms with van der Waals surface area (Å²) in [5, 5.41) is 1.50. The Morgan fingerprint density at radius 1 is 1.08 bits per heavy atom. The van der Waals surface area contributed by atoms with E-state index in [0.29, 0.717) is 16.5 Å². The van der Waals surface area contributed by atoms with E-state index in [4.69, 9.17) is 5.73 Å². The maximum atomic E-state index is 12.3. The van der Waals surface area contributed by atoms with Gasteiger partial charge in [-0.2, -0.15) is 0 Å². The second-order valence-electron chi connectivity index (χ2n) is 5.77. The van der Waals surface area contributed by atoms with E-state index in [-0.39, 0.29) is 5.25 Å². The molecular formula is C18H20N2O2S2. The first-order valence-corrected chi connectivity index (χ1v) is 10.5. The second-order valence-corrected chi connectivity index (χ2v) is 9.03. The molecule has 126 valence electrons. The van der Waals surface area contributed by atoms with Gasteiger partial charge in [-0.15, -0.1) is 11.8 Å². The Hall–Kier alpha value is -1.76. The van der Waals surface area contributed by atoms with Crippen molar-refractivity contribution >= 4 is 32.5 Å². The van der Waals surface area contributed by atoms with Gasteiger partial charge in [0, 0.05) is 29.0 Å². The quantitative estimate of drug-likeness (QED) is 0.662. The van der Waals surface area contributed by atoms with E-state index < -0.39 is 9.84 Å². The van der Waals surface area contributed by atoms with E-state index in [2.05, 4.69) is 17.1 Å². The number of nitrogens with one attached hydrogen (secondary N) is 1. The van der Waals surface area contributed by atoms with Crippen molar-refractivity contribution in [3.8, 4) is 0 Å². The molecule has 3 N–H and O–H groups in total. The Kier molecular flexibility index (Phi) is 4.99. The number of aromatic amines is 1. The number of hydrogen-bond donors (Lipinski definition) is 2. The van der Waals surface area contributed by atoms with E-state index in [1.165, 1.54) is 23.6 Å². The van der Waals surface area contributed by atoms with Crippen LogP contribution in [0.25, 0.3) is 10.9 Å². The van der Waals surface area contributed by atoms with Gasteiger partial charge >= 0.3 is 0 Å². The van der Waals surface area contributed by atoms with Crippen molar-refractivity contribution in [2.45, 2.75) is 21.6 Å². The third kappa shape index (κ3) is 3.66. The highest BCUT2D eigenvalue weighted by molar-refractivity contribution is 8.00. The van der Waals surface area contributed by atoms with Crippen LogP contribution in [0.5, 0.6) is 0 Å². The number of aromatic nitrogens is 1. The smallest absolute Gasteiger partial charge is 0.178 e. The maximum Gasteiger partial charge on any atom is 0.178 e. The molecule has 0 radical (unpaired) electrons. The molecule has 24 heavy (non-hydrogen) atoms. The average molecular weight is 361 g/mol. The minimum absolute atomic E-state index is 0.0981. The van der Waals surface area contributed by atoms with Crippen LogP contribution in [0.2, 0.25) is 0 Å². The number of rotatable bonds is 6. The molecule has 1 heterocycles. The molecule has 3 rings (SSSR count). The van der Waals surface area contributed by atoms with E-state index >= 15 is 0 Å². The van der Waals surface area contributed by atoms with Gasteiger partial charge in [0.25, 0.3) is 0 Å². The molecule has 1 atom stereocenters. The van der Waals surface area contributed by atoms with Crippen LogP contribution in [0.15, 0.2) is 64.5 Å². The molecule has 4 nitrogen and oxygen atoms in total. The van der Waals surface area contributed by atoms with E-state index in [1.807, 2.05) is 42.5 Å². The van der Waals surface area contributed by atoms with Crippen molar-refractivity contribution in [1.82, 2.24) is 4.98 Å². The summed E-state index contributed by atoms with van der Waals surface area (Å²) in [6.07, 6.45) is 2.04. The number of thioether (sulfide) groups is 1. The number of para-hydroxylation sites is 1. The van der Waals surface area contributed by atoms with Gasteiger partial charge in [0.2, 0.25) is 0 Å². The number of benzene rings is 2. The molecule has 0 bridgehead atoms. The molecule has 0 saturated heterocycles. The van der Waals surface area contributed by atoms with Crippen LogP contribution in [0.1, 0.15) is 5.56 Å². The molecular weight excluding hydrogens is 340 g/mol. The fraction of sp³-hybridized carbons (Fsp3) is 0.222. The molecule has 0 saturated carbocycles. The third-order valence-corrected chi connectivity index (χ3v) is 6.38. The van der Waals surface area contributed by atoms with Crippen molar-refractivity contribution in [1.29, 1.82) is 0 Å². The fourth-order valence-electron chi connectivity index (χ4n) is 2.76. The first-order chi connectivity index (χ1) is 11.5. The van der Waals surface area contributed by atoms with Gasteiger partial charge in [0.1, 0.15) is 4.90 Å². The third-order valence-electron chi connectivity index (χ3n) is 3.85. The van der Waals surface area contributed by atoms with E-state index in [0.717, 1.165) is 17.3 Å². The van der Waals surface area contributed by atoms with Gasteiger partial charge in [0.15, 0.2) is 9.84 Å². The summed E-state index contributed by atoms with van der Waals surface area (Å²) in [7, 11) is -3.34. The molecule has 3 aromatic rings. The first kappa shape index (κ1) is 17.1. The van der Waals surface area contributed by atoms with Crippen LogP contribution >= 0.6 is 11.8 Å². The number of H-pyrrole nitrogens is 1. The SMILES string of the molecule is CS(=O)(=O)c1c(SC(CN)Cc2ccccc2)[nH]c2ccccc12. The van der Waals surface area contributed by atoms with Gasteiger partial charge in [0.05, 0.1) is 5.03 Å². The van der Waals surface area contributed by atoms with Crippen LogP contribution in [0.4, 0.5) is 0 Å². The Labute approximate surface area is 146 Å². The lowest BCUT2D eigenvalue weighted by Gasteiger charge is -2.14. The van der Waals surface area contributed by atoms with Gasteiger partial charge in [-0.3, -0.25) is 0 Å². The molecule has 0 spiro atoms. The standard InChI is InChI=1S/C18H20N2O2S2/c1-24(21,22)17-15-9-5-6-10-16(15)20-18(17)23-14(12-19)11-13-7-3-2-4-8-13/h2-10,14,20H,11-12,19H2,1H3. The molecule has 0 aliphatic rings. The topological polar surface area (TPSA) is 75.9 Å². The molecule has 0 aliphatic heterocycles. The fourth-order valence-corrected chi connectivity index (χ4v) is 5.41. The predicted molar refractivity (Wildman–Crippen MR) is 100 cm³/mol. The normalized spacial score (nSPS) is 13.2. The zero-order valence-corrected chi connectivity index (χ0v) is 15.0.